The van der Waals surface area contributed by atoms with Crippen molar-refractivity contribution in [2.75, 3.05) is 24.2 Å². The second-order valence-electron chi connectivity index (χ2n) is 7.05. The molecule has 2 aromatic carbocycles. The van der Waals surface area contributed by atoms with Crippen molar-refractivity contribution in [3.05, 3.63) is 63.1 Å². The Bertz CT molecular complexity index is 1080. The van der Waals surface area contributed by atoms with Gasteiger partial charge in [-0.2, -0.15) is 0 Å². The molecule has 7 nitrogen and oxygen atoms in total. The highest BCUT2D eigenvalue weighted by Crippen LogP contribution is 2.28. The predicted octanol–water partition coefficient (Wildman–Crippen LogP) is 3.97. The van der Waals surface area contributed by atoms with E-state index in [4.69, 9.17) is 34.8 Å². The number of sulfonamides is 1. The SMILES string of the molecule is CCC(C(=O)NC)N(Cc1ccccc1Cl)C(=O)CN(c1cc(Cl)cc(Cl)c1)S(C)(=O)=O. The lowest BCUT2D eigenvalue weighted by atomic mass is 10.1. The van der Waals surface area contributed by atoms with E-state index in [1.165, 1.54) is 30.1 Å². The quantitative estimate of drug-likeness (QED) is 0.542. The first-order chi connectivity index (χ1) is 15.0. The van der Waals surface area contributed by atoms with Crippen LogP contribution in [0.15, 0.2) is 42.5 Å². The molecule has 0 aliphatic rings. The van der Waals surface area contributed by atoms with Gasteiger partial charge in [0.15, 0.2) is 0 Å². The first kappa shape index (κ1) is 26.3. The number of anilines is 1. The van der Waals surface area contributed by atoms with E-state index in [-0.39, 0.29) is 28.2 Å². The Kier molecular flexibility index (Phi) is 9.21. The number of nitrogens with zero attached hydrogens (tertiary/aromatic N) is 2. The van der Waals surface area contributed by atoms with Gasteiger partial charge in [-0.25, -0.2) is 8.42 Å². The molecule has 0 aliphatic heterocycles. The smallest absolute Gasteiger partial charge is 0.244 e. The number of amides is 2. The summed E-state index contributed by atoms with van der Waals surface area (Å²) >= 11 is 18.3. The molecule has 0 radical (unpaired) electrons. The molecule has 11 heteroatoms. The maximum atomic E-state index is 13.4. The number of carbonyl (C=O) groups is 2. The van der Waals surface area contributed by atoms with E-state index in [1.807, 2.05) is 0 Å². The number of benzene rings is 2. The zero-order valence-electron chi connectivity index (χ0n) is 17.8. The van der Waals surface area contributed by atoms with Crippen molar-refractivity contribution in [2.24, 2.45) is 0 Å². The largest absolute Gasteiger partial charge is 0.357 e. The third kappa shape index (κ3) is 6.75. The lowest BCUT2D eigenvalue weighted by molar-refractivity contribution is -0.140. The Morgan fingerprint density at radius 3 is 2.16 bits per heavy atom. The van der Waals surface area contributed by atoms with Gasteiger partial charge in [0.05, 0.1) is 11.9 Å². The topological polar surface area (TPSA) is 86.8 Å². The van der Waals surface area contributed by atoms with Crippen LogP contribution >= 0.6 is 34.8 Å². The van der Waals surface area contributed by atoms with Crippen molar-refractivity contribution in [1.29, 1.82) is 0 Å². The zero-order chi connectivity index (χ0) is 24.1. The van der Waals surface area contributed by atoms with Gasteiger partial charge in [0.2, 0.25) is 21.8 Å². The van der Waals surface area contributed by atoms with Crippen LogP contribution in [-0.4, -0.2) is 51.0 Å². The van der Waals surface area contributed by atoms with Gasteiger partial charge < -0.3 is 10.2 Å². The second kappa shape index (κ2) is 11.2. The van der Waals surface area contributed by atoms with E-state index >= 15 is 0 Å². The average Bonchev–Trinajstić information content (AvgIpc) is 2.71. The Morgan fingerprint density at radius 2 is 1.66 bits per heavy atom. The lowest BCUT2D eigenvalue weighted by Crippen LogP contribution is -2.51. The summed E-state index contributed by atoms with van der Waals surface area (Å²) in [5.74, 6) is -0.952. The summed E-state index contributed by atoms with van der Waals surface area (Å²) in [4.78, 5) is 27.2. The molecule has 2 rings (SSSR count). The summed E-state index contributed by atoms with van der Waals surface area (Å²) in [6.07, 6.45) is 1.29. The second-order valence-corrected chi connectivity index (χ2v) is 10.2. The fourth-order valence-corrected chi connectivity index (χ4v) is 4.74. The number of halogens is 3. The van der Waals surface area contributed by atoms with Gasteiger partial charge in [-0.1, -0.05) is 59.9 Å². The van der Waals surface area contributed by atoms with Crippen LogP contribution in [0.1, 0.15) is 18.9 Å². The normalized spacial score (nSPS) is 12.2. The third-order valence-corrected chi connectivity index (χ3v) is 6.69. The highest BCUT2D eigenvalue weighted by molar-refractivity contribution is 7.92. The van der Waals surface area contributed by atoms with Gasteiger partial charge in [-0.3, -0.25) is 13.9 Å². The molecule has 1 unspecified atom stereocenters. The molecule has 0 heterocycles. The van der Waals surface area contributed by atoms with E-state index in [0.717, 1.165) is 10.6 Å². The molecule has 0 aromatic heterocycles. The summed E-state index contributed by atoms with van der Waals surface area (Å²) in [6, 6.07) is 10.4. The Hall–Kier alpha value is -2.00. The molecule has 0 fully saturated rings. The molecule has 174 valence electrons. The molecule has 0 bridgehead atoms. The summed E-state index contributed by atoms with van der Waals surface area (Å²) in [7, 11) is -2.41. The van der Waals surface area contributed by atoms with Crippen molar-refractivity contribution >= 4 is 62.3 Å². The first-order valence-electron chi connectivity index (χ1n) is 9.66. The minimum Gasteiger partial charge on any atom is -0.357 e. The van der Waals surface area contributed by atoms with Gasteiger partial charge in [0, 0.05) is 28.7 Å². The van der Waals surface area contributed by atoms with Crippen LogP contribution in [0.25, 0.3) is 0 Å². The van der Waals surface area contributed by atoms with Crippen LogP contribution in [0.2, 0.25) is 15.1 Å². The molecule has 0 spiro atoms. The fourth-order valence-electron chi connectivity index (χ4n) is 3.19. The summed E-state index contributed by atoms with van der Waals surface area (Å²) in [6.45, 7) is 1.24. The molecule has 1 atom stereocenters. The van der Waals surface area contributed by atoms with Crippen LogP contribution in [0.3, 0.4) is 0 Å². The highest BCUT2D eigenvalue weighted by atomic mass is 35.5. The molecule has 0 saturated heterocycles. The lowest BCUT2D eigenvalue weighted by Gasteiger charge is -2.32. The number of hydrogen-bond acceptors (Lipinski definition) is 4. The average molecular weight is 521 g/mol. The number of rotatable bonds is 9. The molecule has 2 aromatic rings. The van der Waals surface area contributed by atoms with Crippen molar-refractivity contribution < 1.29 is 18.0 Å². The third-order valence-electron chi connectivity index (χ3n) is 4.75. The van der Waals surface area contributed by atoms with Crippen LogP contribution in [0, 0.1) is 0 Å². The zero-order valence-corrected chi connectivity index (χ0v) is 20.9. The van der Waals surface area contributed by atoms with Crippen LogP contribution in [0.5, 0.6) is 0 Å². The van der Waals surface area contributed by atoms with Gasteiger partial charge in [-0.05, 0) is 36.2 Å². The van der Waals surface area contributed by atoms with Gasteiger partial charge >= 0.3 is 0 Å². The summed E-state index contributed by atoms with van der Waals surface area (Å²) in [5.41, 5.74) is 0.769. The standard InChI is InChI=1S/C21H24Cl3N3O4S/c1-4-19(21(29)25-2)26(12-14-7-5-6-8-18(14)24)20(28)13-27(32(3,30)31)17-10-15(22)9-16(23)11-17/h5-11,19H,4,12-13H2,1-3H3,(H,25,29). The maximum absolute atomic E-state index is 13.4. The minimum absolute atomic E-state index is 0.0261. The van der Waals surface area contributed by atoms with Crippen molar-refractivity contribution in [1.82, 2.24) is 10.2 Å². The molecular weight excluding hydrogens is 497 g/mol. The van der Waals surface area contributed by atoms with E-state index in [2.05, 4.69) is 5.32 Å². The monoisotopic (exact) mass is 519 g/mol. The van der Waals surface area contributed by atoms with Crippen molar-refractivity contribution in [2.45, 2.75) is 25.9 Å². The van der Waals surface area contributed by atoms with Crippen LogP contribution in [-0.2, 0) is 26.2 Å². The number of carbonyl (C=O) groups excluding carboxylic acids is 2. The van der Waals surface area contributed by atoms with Gasteiger partial charge in [0.1, 0.15) is 12.6 Å². The van der Waals surface area contributed by atoms with Crippen LogP contribution in [0.4, 0.5) is 5.69 Å². The van der Waals surface area contributed by atoms with Gasteiger partial charge in [-0.15, -0.1) is 0 Å². The number of likely N-dealkylation sites (N-methyl/N-ethyl adjacent to an activating group) is 1. The maximum Gasteiger partial charge on any atom is 0.244 e. The van der Waals surface area contributed by atoms with Gasteiger partial charge in [0.25, 0.3) is 0 Å². The summed E-state index contributed by atoms with van der Waals surface area (Å²) in [5, 5.41) is 3.42. The molecule has 0 aliphatic carbocycles. The molecule has 32 heavy (non-hydrogen) atoms. The van der Waals surface area contributed by atoms with E-state index < -0.39 is 28.5 Å². The molecule has 2 amide bonds. The Morgan fingerprint density at radius 1 is 1.06 bits per heavy atom. The van der Waals surface area contributed by atoms with E-state index in [9.17, 15) is 18.0 Å². The number of nitrogens with one attached hydrogen (secondary N) is 1. The minimum atomic E-state index is -3.88. The fraction of sp³-hybridized carbons (Fsp3) is 0.333. The first-order valence-corrected chi connectivity index (χ1v) is 12.6. The van der Waals surface area contributed by atoms with Crippen molar-refractivity contribution in [3.8, 4) is 0 Å². The van der Waals surface area contributed by atoms with Crippen LogP contribution < -0.4 is 9.62 Å². The Balaban J connectivity index is 2.48. The summed E-state index contributed by atoms with van der Waals surface area (Å²) < 4.78 is 26.0. The number of hydrogen-bond donors (Lipinski definition) is 1. The Labute approximate surface area is 203 Å². The highest BCUT2D eigenvalue weighted by Gasteiger charge is 2.31. The molecule has 0 saturated carbocycles. The van der Waals surface area contributed by atoms with E-state index in [1.54, 1.807) is 31.2 Å². The van der Waals surface area contributed by atoms with E-state index in [0.29, 0.717) is 17.0 Å². The molecule has 1 N–H and O–H groups in total. The molecular formula is C21H24Cl3N3O4S. The predicted molar refractivity (Wildman–Crippen MR) is 129 cm³/mol. The van der Waals surface area contributed by atoms with Crippen molar-refractivity contribution in [3.63, 3.8) is 0 Å².